The van der Waals surface area contributed by atoms with Crippen LogP contribution in [0.5, 0.6) is 0 Å². The van der Waals surface area contributed by atoms with Crippen molar-refractivity contribution in [2.45, 2.75) is 6.92 Å². The SMILES string of the molecule is C=C(C)C(=O)OCCON=[N+]=[N-]. The van der Waals surface area contributed by atoms with Gasteiger partial charge in [0.05, 0.1) is 0 Å². The van der Waals surface area contributed by atoms with Gasteiger partial charge in [0.25, 0.3) is 0 Å². The van der Waals surface area contributed by atoms with Crippen LogP contribution in [0.1, 0.15) is 6.92 Å². The highest BCUT2D eigenvalue weighted by atomic mass is 16.7. The van der Waals surface area contributed by atoms with Gasteiger partial charge >= 0.3 is 5.97 Å². The minimum Gasteiger partial charge on any atom is -0.459 e. The van der Waals surface area contributed by atoms with Crippen LogP contribution in [0, 0.1) is 0 Å². The maximum absolute atomic E-state index is 10.7. The van der Waals surface area contributed by atoms with E-state index >= 15 is 0 Å². The predicted molar refractivity (Wildman–Crippen MR) is 40.9 cm³/mol. The standard InChI is InChI=1S/C6H9N3O3/c1-5(2)6(10)11-3-4-12-9-8-7/h1,3-4H2,2H3. The van der Waals surface area contributed by atoms with Crippen molar-refractivity contribution in [3.05, 3.63) is 22.6 Å². The normalized spacial score (nSPS) is 8.08. The van der Waals surface area contributed by atoms with Gasteiger partial charge in [0, 0.05) is 10.5 Å². The van der Waals surface area contributed by atoms with Gasteiger partial charge in [-0.2, -0.15) is 0 Å². The summed E-state index contributed by atoms with van der Waals surface area (Å²) in [6.45, 7) is 5.00. The van der Waals surface area contributed by atoms with Crippen molar-refractivity contribution in [3.63, 3.8) is 0 Å². The quantitative estimate of drug-likeness (QED) is 0.119. The summed E-state index contributed by atoms with van der Waals surface area (Å²) in [6.07, 6.45) is 0. The molecular weight excluding hydrogens is 162 g/mol. The fourth-order valence-electron chi connectivity index (χ4n) is 0.361. The van der Waals surface area contributed by atoms with Gasteiger partial charge in [0.1, 0.15) is 18.5 Å². The summed E-state index contributed by atoms with van der Waals surface area (Å²) >= 11 is 0. The number of esters is 1. The summed E-state index contributed by atoms with van der Waals surface area (Å²) in [5.41, 5.74) is 8.09. The number of ether oxygens (including phenoxy) is 1. The first-order valence-electron chi connectivity index (χ1n) is 3.17. The molecule has 6 heteroatoms. The Kier molecular flexibility index (Phi) is 5.21. The third-order valence-corrected chi connectivity index (χ3v) is 0.850. The van der Waals surface area contributed by atoms with E-state index in [1.54, 1.807) is 0 Å². The first-order chi connectivity index (χ1) is 5.68. The molecule has 0 amide bonds. The zero-order valence-electron chi connectivity index (χ0n) is 6.69. The van der Waals surface area contributed by atoms with E-state index in [9.17, 15) is 4.79 Å². The molecular formula is C6H9N3O3. The molecule has 66 valence electrons. The molecule has 0 aliphatic carbocycles. The average molecular weight is 171 g/mol. The monoisotopic (exact) mass is 171 g/mol. The first-order valence-corrected chi connectivity index (χ1v) is 3.17. The molecule has 0 saturated carbocycles. The van der Waals surface area contributed by atoms with Gasteiger partial charge in [-0.25, -0.2) is 4.79 Å². The smallest absolute Gasteiger partial charge is 0.333 e. The van der Waals surface area contributed by atoms with Gasteiger partial charge < -0.3 is 9.57 Å². The third kappa shape index (κ3) is 5.13. The Balaban J connectivity index is 3.37. The zero-order valence-corrected chi connectivity index (χ0v) is 6.69. The zero-order chi connectivity index (χ0) is 9.40. The predicted octanol–water partition coefficient (Wildman–Crippen LogP) is 1.35. The average Bonchev–Trinajstić information content (AvgIpc) is 2.03. The molecule has 0 spiro atoms. The maximum atomic E-state index is 10.7. The molecule has 0 heterocycles. The second-order valence-electron chi connectivity index (χ2n) is 1.92. The van der Waals surface area contributed by atoms with Crippen LogP contribution < -0.4 is 0 Å². The molecule has 0 aliphatic heterocycles. The molecule has 0 saturated heterocycles. The van der Waals surface area contributed by atoms with Crippen molar-refractivity contribution in [2.24, 2.45) is 5.28 Å². The second kappa shape index (κ2) is 6.06. The molecule has 0 bridgehead atoms. The van der Waals surface area contributed by atoms with Gasteiger partial charge in [-0.05, 0) is 12.5 Å². The fraction of sp³-hybridized carbons (Fsp3) is 0.500. The highest BCUT2D eigenvalue weighted by molar-refractivity contribution is 5.86. The topological polar surface area (TPSA) is 84.3 Å². The highest BCUT2D eigenvalue weighted by Gasteiger charge is 2.01. The number of carbonyl (C=O) groups excluding carboxylic acids is 1. The molecule has 12 heavy (non-hydrogen) atoms. The maximum Gasteiger partial charge on any atom is 0.333 e. The molecule has 0 aromatic carbocycles. The number of nitrogens with zero attached hydrogens (tertiary/aromatic N) is 3. The van der Waals surface area contributed by atoms with E-state index in [4.69, 9.17) is 5.53 Å². The van der Waals surface area contributed by atoms with Crippen LogP contribution in [0.15, 0.2) is 17.4 Å². The lowest BCUT2D eigenvalue weighted by molar-refractivity contribution is -0.140. The van der Waals surface area contributed by atoms with E-state index in [-0.39, 0.29) is 13.2 Å². The summed E-state index contributed by atoms with van der Waals surface area (Å²) < 4.78 is 4.60. The number of hydrogen-bond acceptors (Lipinski definition) is 4. The number of hydrogen-bond donors (Lipinski definition) is 0. The van der Waals surface area contributed by atoms with Crippen molar-refractivity contribution in [3.8, 4) is 0 Å². The molecule has 0 aliphatic rings. The highest BCUT2D eigenvalue weighted by Crippen LogP contribution is 1.91. The van der Waals surface area contributed by atoms with Crippen LogP contribution in [-0.2, 0) is 14.4 Å². The van der Waals surface area contributed by atoms with Gasteiger partial charge in [-0.3, -0.25) is 0 Å². The van der Waals surface area contributed by atoms with E-state index in [2.05, 4.69) is 26.3 Å². The van der Waals surface area contributed by atoms with Crippen molar-refractivity contribution in [2.75, 3.05) is 13.2 Å². The molecule has 0 fully saturated rings. The largest absolute Gasteiger partial charge is 0.459 e. The van der Waals surface area contributed by atoms with Crippen LogP contribution >= 0.6 is 0 Å². The van der Waals surface area contributed by atoms with Crippen molar-refractivity contribution >= 4 is 5.97 Å². The number of carbonyl (C=O) groups is 1. The summed E-state index contributed by atoms with van der Waals surface area (Å²) in [7, 11) is 0. The fourth-order valence-corrected chi connectivity index (χ4v) is 0.361. The molecule has 0 aromatic rings. The molecule has 6 nitrogen and oxygen atoms in total. The van der Waals surface area contributed by atoms with Crippen LogP contribution in [0.3, 0.4) is 0 Å². The number of rotatable bonds is 5. The van der Waals surface area contributed by atoms with E-state index in [1.165, 1.54) is 6.92 Å². The summed E-state index contributed by atoms with van der Waals surface area (Å²) in [4.78, 5) is 17.3. The van der Waals surface area contributed by atoms with E-state index in [1.807, 2.05) is 0 Å². The minimum absolute atomic E-state index is 0.0447. The van der Waals surface area contributed by atoms with E-state index in [0.717, 1.165) is 0 Å². The molecule has 0 unspecified atom stereocenters. The van der Waals surface area contributed by atoms with Crippen molar-refractivity contribution in [1.82, 2.24) is 0 Å². The van der Waals surface area contributed by atoms with Crippen LogP contribution in [-0.4, -0.2) is 19.2 Å². The van der Waals surface area contributed by atoms with Crippen LogP contribution in [0.25, 0.3) is 10.4 Å². The molecule has 0 N–H and O–H groups in total. The Bertz CT molecular complexity index is 220. The summed E-state index contributed by atoms with van der Waals surface area (Å²) in [6, 6.07) is 0. The Morgan fingerprint density at radius 2 is 2.33 bits per heavy atom. The van der Waals surface area contributed by atoms with E-state index < -0.39 is 5.97 Å². The van der Waals surface area contributed by atoms with E-state index in [0.29, 0.717) is 5.57 Å². The van der Waals surface area contributed by atoms with Gasteiger partial charge in [0.15, 0.2) is 0 Å². The molecule has 0 radical (unpaired) electrons. The lowest BCUT2D eigenvalue weighted by atomic mass is 10.4. The first kappa shape index (κ1) is 10.3. The molecule has 0 atom stereocenters. The Morgan fingerprint density at radius 1 is 1.67 bits per heavy atom. The lowest BCUT2D eigenvalue weighted by Crippen LogP contribution is -2.09. The van der Waals surface area contributed by atoms with Crippen molar-refractivity contribution < 1.29 is 14.4 Å². The molecule has 0 rings (SSSR count). The van der Waals surface area contributed by atoms with Gasteiger partial charge in [-0.1, -0.05) is 6.58 Å². The Morgan fingerprint density at radius 3 is 2.83 bits per heavy atom. The Hall–Kier alpha value is -1.68. The van der Waals surface area contributed by atoms with Crippen LogP contribution in [0.2, 0.25) is 0 Å². The minimum atomic E-state index is -0.487. The van der Waals surface area contributed by atoms with Gasteiger partial charge in [-0.15, -0.1) is 0 Å². The van der Waals surface area contributed by atoms with Crippen molar-refractivity contribution in [1.29, 1.82) is 0 Å². The molecule has 0 aromatic heterocycles. The number of azide groups is 1. The summed E-state index contributed by atoms with van der Waals surface area (Å²) in [5.74, 6) is -0.487. The van der Waals surface area contributed by atoms with Gasteiger partial charge in [0.2, 0.25) is 0 Å². The van der Waals surface area contributed by atoms with Crippen LogP contribution in [0.4, 0.5) is 0 Å². The second-order valence-corrected chi connectivity index (χ2v) is 1.92. The lowest BCUT2D eigenvalue weighted by Gasteiger charge is -2.01. The summed E-state index contributed by atoms with van der Waals surface area (Å²) in [5, 5.41) is 2.78. The Labute approximate surface area is 69.4 Å². The third-order valence-electron chi connectivity index (χ3n) is 0.850.